The molecule has 0 spiro atoms. The first-order chi connectivity index (χ1) is 35.6. The number of benzene rings is 6. The largest absolute Gasteiger partial charge is 0.457 e. The summed E-state index contributed by atoms with van der Waals surface area (Å²) in [7, 11) is 0. The van der Waals surface area contributed by atoms with Crippen LogP contribution in [0.3, 0.4) is 0 Å². The maximum Gasteiger partial charge on any atom is 0.180 e. The number of aliphatic imine (C=N–C) groups is 6. The predicted molar refractivity (Wildman–Crippen MR) is 309 cm³/mol. The fraction of sp³-hybridized carbons (Fsp3) is 0.250. The van der Waals surface area contributed by atoms with Gasteiger partial charge in [0.25, 0.3) is 0 Å². The predicted octanol–water partition coefficient (Wildman–Crippen LogP) is 13.6. The molecule has 21 heterocycles. The SMILES string of the molecule is C1=NCCN2CCN=Cc3ccc(cc3)Oc3ccc(cc3)C=NCCN(CCN=Cc3ccc(cc3)Oc3ccc1cc3)CCN=Cc1ccc(cc1)Oc1ccc(cc1)C=NCC2.ClC(Cl)Cl.ClC(Cl)Cl. The fourth-order valence-electron chi connectivity index (χ4n) is 7.03. The van der Waals surface area contributed by atoms with Crippen LogP contribution in [-0.4, -0.2) is 134 Å². The van der Waals surface area contributed by atoms with Gasteiger partial charge in [0.15, 0.2) is 8.59 Å². The van der Waals surface area contributed by atoms with Gasteiger partial charge in [0.2, 0.25) is 0 Å². The van der Waals surface area contributed by atoms with Gasteiger partial charge in [0.1, 0.15) is 34.5 Å². The van der Waals surface area contributed by atoms with Crippen molar-refractivity contribution in [2.75, 3.05) is 78.5 Å². The summed E-state index contributed by atoms with van der Waals surface area (Å²) in [6.07, 6.45) is 11.5. The molecular formula is C56H56Cl6N8O3. The number of hydrogen-bond donors (Lipinski definition) is 0. The quantitative estimate of drug-likeness (QED) is 0.141. The summed E-state index contributed by atoms with van der Waals surface area (Å²) in [5.74, 6) is 4.59. The summed E-state index contributed by atoms with van der Waals surface area (Å²) in [5, 5.41) is 0. The molecule has 73 heavy (non-hydrogen) atoms. The van der Waals surface area contributed by atoms with E-state index in [2.05, 4.69) is 9.80 Å². The van der Waals surface area contributed by atoms with Crippen molar-refractivity contribution in [3.8, 4) is 34.5 Å². The summed E-state index contributed by atoms with van der Waals surface area (Å²) in [6.45, 7) is 8.56. The average molecular weight is 1100 g/mol. The van der Waals surface area contributed by atoms with Crippen molar-refractivity contribution in [2.45, 2.75) is 8.59 Å². The van der Waals surface area contributed by atoms with Gasteiger partial charge in [-0.25, -0.2) is 0 Å². The highest BCUT2D eigenvalue weighted by molar-refractivity contribution is 6.63. The molecule has 0 atom stereocenters. The summed E-state index contributed by atoms with van der Waals surface area (Å²) < 4.78 is 17.0. The Morgan fingerprint density at radius 3 is 0.534 bits per heavy atom. The number of ether oxygens (including phenoxy) is 3. The Labute approximate surface area is 458 Å². The second-order valence-corrected chi connectivity index (χ2v) is 20.1. The second-order valence-electron chi connectivity index (χ2n) is 16.1. The van der Waals surface area contributed by atoms with Gasteiger partial charge in [-0.05, 0) is 179 Å². The lowest BCUT2D eigenvalue weighted by Gasteiger charge is -2.19. The molecule has 0 unspecified atom stereocenters. The van der Waals surface area contributed by atoms with Crippen LogP contribution >= 0.6 is 69.6 Å². The number of rotatable bonds is 0. The van der Waals surface area contributed by atoms with Crippen LogP contribution in [0.5, 0.6) is 34.5 Å². The Hall–Kier alpha value is -5.60. The van der Waals surface area contributed by atoms with Gasteiger partial charge in [-0.1, -0.05) is 69.6 Å². The zero-order valence-electron chi connectivity index (χ0n) is 40.0. The minimum Gasteiger partial charge on any atom is -0.457 e. The van der Waals surface area contributed by atoms with E-state index in [0.717, 1.165) is 107 Å². The molecule has 380 valence electrons. The molecule has 6 aromatic rings. The zero-order chi connectivity index (χ0) is 51.3. The maximum atomic E-state index is 6.16. The van der Waals surface area contributed by atoms with Gasteiger partial charge in [-0.15, -0.1) is 0 Å². The van der Waals surface area contributed by atoms with Crippen molar-refractivity contribution in [1.29, 1.82) is 0 Å². The molecular weight excluding hydrogens is 1050 g/mol. The van der Waals surface area contributed by atoms with Crippen molar-refractivity contribution in [3.05, 3.63) is 179 Å². The molecule has 27 rings (SSSR count). The van der Waals surface area contributed by atoms with Crippen LogP contribution in [0.4, 0.5) is 0 Å². The van der Waals surface area contributed by atoms with Gasteiger partial charge in [0.05, 0.1) is 39.3 Å². The molecule has 11 nitrogen and oxygen atoms in total. The molecule has 0 aromatic heterocycles. The lowest BCUT2D eigenvalue weighted by Crippen LogP contribution is -2.31. The normalized spacial score (nSPS) is 16.8. The molecule has 0 saturated heterocycles. The second kappa shape index (κ2) is 32.6. The van der Waals surface area contributed by atoms with Crippen molar-refractivity contribution in [2.24, 2.45) is 30.0 Å². The van der Waals surface area contributed by atoms with E-state index < -0.39 is 8.59 Å². The molecule has 21 aliphatic heterocycles. The Bertz CT molecular complexity index is 2210. The van der Waals surface area contributed by atoms with Crippen molar-refractivity contribution >= 4 is 107 Å². The van der Waals surface area contributed by atoms with Crippen LogP contribution in [0.1, 0.15) is 33.4 Å². The van der Waals surface area contributed by atoms with Crippen LogP contribution in [0, 0.1) is 0 Å². The molecule has 21 aliphatic rings. The molecule has 0 N–H and O–H groups in total. The van der Waals surface area contributed by atoms with Crippen LogP contribution in [0.25, 0.3) is 0 Å². The van der Waals surface area contributed by atoms with Gasteiger partial charge in [0, 0.05) is 76.6 Å². The summed E-state index contributed by atoms with van der Waals surface area (Å²) >= 11 is 28.8. The first kappa shape index (κ1) is 56.7. The van der Waals surface area contributed by atoms with E-state index in [4.69, 9.17) is 114 Å². The Morgan fingerprint density at radius 2 is 0.397 bits per heavy atom. The monoisotopic (exact) mass is 1100 g/mol. The van der Waals surface area contributed by atoms with Crippen LogP contribution in [0.15, 0.2) is 176 Å². The fourth-order valence-corrected chi connectivity index (χ4v) is 7.03. The van der Waals surface area contributed by atoms with E-state index in [-0.39, 0.29) is 0 Å². The molecule has 0 saturated carbocycles. The number of halogens is 6. The van der Waals surface area contributed by atoms with Gasteiger partial charge in [-0.3, -0.25) is 39.8 Å². The molecule has 0 aliphatic carbocycles. The van der Waals surface area contributed by atoms with Crippen molar-refractivity contribution in [1.82, 2.24) is 9.80 Å². The Balaban J connectivity index is 0.00000101. The molecule has 0 amide bonds. The highest BCUT2D eigenvalue weighted by Crippen LogP contribution is 2.24. The Kier molecular flexibility index (Phi) is 25.3. The first-order valence-electron chi connectivity index (χ1n) is 23.5. The summed E-state index contributed by atoms with van der Waals surface area (Å²) in [5.41, 5.74) is 6.08. The molecule has 0 radical (unpaired) electrons. The van der Waals surface area contributed by atoms with Gasteiger partial charge in [-0.2, -0.15) is 0 Å². The first-order valence-corrected chi connectivity index (χ1v) is 26.2. The number of hydrogen-bond acceptors (Lipinski definition) is 11. The molecule has 17 heteroatoms. The maximum absolute atomic E-state index is 6.16. The van der Waals surface area contributed by atoms with E-state index in [1.165, 1.54) is 0 Å². The zero-order valence-corrected chi connectivity index (χ0v) is 44.6. The molecule has 14 bridgehead atoms. The lowest BCUT2D eigenvalue weighted by molar-refractivity contribution is 0.298. The third-order valence-electron chi connectivity index (χ3n) is 10.7. The molecule has 0 fully saturated rings. The molecule has 6 aromatic carbocycles. The van der Waals surface area contributed by atoms with Crippen LogP contribution in [0.2, 0.25) is 0 Å². The third-order valence-corrected chi connectivity index (χ3v) is 10.7. The smallest absolute Gasteiger partial charge is 0.180 e. The highest BCUT2D eigenvalue weighted by Gasteiger charge is 2.07. The van der Waals surface area contributed by atoms with E-state index in [0.29, 0.717) is 39.3 Å². The Morgan fingerprint density at radius 1 is 0.260 bits per heavy atom. The summed E-state index contributed by atoms with van der Waals surface area (Å²) in [6, 6.07) is 47.9. The minimum absolute atomic E-state index is 0.648. The van der Waals surface area contributed by atoms with Gasteiger partial charge < -0.3 is 14.2 Å². The standard InChI is InChI=1S/C54H54N8O3.2CHCl3/c1-13-49-14-2-43(1)37-55-25-31-61-32-26-56-39-45-5-17-51(18-6-45)64-53-21-9-47(10-22-53)41-59-29-35-62(34-28-58-38-44-3-15-50(63-49)16-4-44)36-30-60-42-48-11-23-54(24-12-48)65-52-19-7-46(8-20-52)40-57-27-33-61;2*2-1(3)4/h1-24,37-42H,25-36H2;2*1H. The van der Waals surface area contributed by atoms with Crippen LogP contribution < -0.4 is 14.2 Å². The van der Waals surface area contributed by atoms with Crippen molar-refractivity contribution < 1.29 is 14.2 Å². The van der Waals surface area contributed by atoms with E-state index in [9.17, 15) is 0 Å². The van der Waals surface area contributed by atoms with E-state index >= 15 is 0 Å². The van der Waals surface area contributed by atoms with Gasteiger partial charge >= 0.3 is 0 Å². The highest BCUT2D eigenvalue weighted by atomic mass is 35.6. The number of alkyl halides is 6. The van der Waals surface area contributed by atoms with Crippen molar-refractivity contribution in [3.63, 3.8) is 0 Å². The topological polar surface area (TPSA) is 108 Å². The minimum atomic E-state index is -0.750. The van der Waals surface area contributed by atoms with Crippen LogP contribution in [-0.2, 0) is 0 Å². The lowest BCUT2D eigenvalue weighted by atomic mass is 10.2. The average Bonchev–Trinajstić information content (AvgIpc) is 3.38. The van der Waals surface area contributed by atoms with E-state index in [1.807, 2.05) is 183 Å². The summed E-state index contributed by atoms with van der Waals surface area (Å²) in [4.78, 5) is 33.3. The third kappa shape index (κ3) is 23.4. The number of nitrogens with zero attached hydrogens (tertiary/aromatic N) is 8. The van der Waals surface area contributed by atoms with E-state index in [1.54, 1.807) is 0 Å².